The molecule has 0 bridgehead atoms. The highest BCUT2D eigenvalue weighted by Crippen LogP contribution is 2.37. The van der Waals surface area contributed by atoms with E-state index in [0.29, 0.717) is 58.7 Å². The van der Waals surface area contributed by atoms with Crippen LogP contribution in [0.1, 0.15) is 32.1 Å². The van der Waals surface area contributed by atoms with Crippen LogP contribution in [0.4, 0.5) is 17.5 Å². The second-order valence-corrected chi connectivity index (χ2v) is 10.6. The molecule has 4 heterocycles. The van der Waals surface area contributed by atoms with E-state index in [1.54, 1.807) is 36.0 Å². The van der Waals surface area contributed by atoms with Gasteiger partial charge in [-0.15, -0.1) is 0 Å². The van der Waals surface area contributed by atoms with E-state index < -0.39 is 10.0 Å². The molecule has 1 aromatic carbocycles. The average Bonchev–Trinajstić information content (AvgIpc) is 3.53. The maximum absolute atomic E-state index is 12.2. The molecule has 0 unspecified atom stereocenters. The number of carbonyl (C=O) groups is 2. The quantitative estimate of drug-likeness (QED) is 0.316. The maximum atomic E-state index is 12.2. The molecule has 0 spiro atoms. The Morgan fingerprint density at radius 2 is 2.03 bits per heavy atom. The van der Waals surface area contributed by atoms with E-state index in [1.165, 1.54) is 19.4 Å². The summed E-state index contributed by atoms with van der Waals surface area (Å²) in [7, 11) is -0.631. The first-order valence-electron chi connectivity index (χ1n) is 11.5. The molecule has 1 amide bonds. The number of ether oxygens (including phenoxy) is 1. The van der Waals surface area contributed by atoms with Crippen molar-refractivity contribution in [2.45, 2.75) is 13.0 Å². The Morgan fingerprint density at radius 3 is 2.76 bits per heavy atom. The summed E-state index contributed by atoms with van der Waals surface area (Å²) in [5, 5.41) is 6.40. The number of aldehydes is 1. The number of nitrogens with zero attached hydrogens (tertiary/aromatic N) is 6. The van der Waals surface area contributed by atoms with Crippen LogP contribution >= 0.6 is 0 Å². The van der Waals surface area contributed by atoms with Gasteiger partial charge < -0.3 is 19.9 Å². The number of fused-ring (bicyclic) bond motifs is 2. The van der Waals surface area contributed by atoms with Crippen molar-refractivity contribution in [2.75, 3.05) is 36.6 Å². The van der Waals surface area contributed by atoms with Crippen LogP contribution in [-0.2, 0) is 23.0 Å². The van der Waals surface area contributed by atoms with E-state index >= 15 is 0 Å². The smallest absolute Gasteiger partial charge is 0.251 e. The number of benzene rings is 1. The SMILES string of the molecule is CNC(=O)c1ccc(Nc2ncc3cc(C=O)n(Cc4nccnc4N(C)S(C)(=O)=O)c3n2)c2c1CCO2. The van der Waals surface area contributed by atoms with Gasteiger partial charge in [0.15, 0.2) is 12.1 Å². The highest BCUT2D eigenvalue weighted by atomic mass is 32.2. The van der Waals surface area contributed by atoms with Gasteiger partial charge in [0, 0.05) is 55.6 Å². The summed E-state index contributed by atoms with van der Waals surface area (Å²) in [5.74, 6) is 0.754. The van der Waals surface area contributed by atoms with Gasteiger partial charge in [-0.25, -0.2) is 18.4 Å². The summed E-state index contributed by atoms with van der Waals surface area (Å²) in [6, 6.07) is 5.08. The Bertz CT molecular complexity index is 1680. The number of amides is 1. The Morgan fingerprint density at radius 1 is 1.24 bits per heavy atom. The van der Waals surface area contributed by atoms with Crippen LogP contribution in [-0.4, -0.2) is 72.1 Å². The van der Waals surface area contributed by atoms with Gasteiger partial charge >= 0.3 is 0 Å². The predicted molar refractivity (Wildman–Crippen MR) is 140 cm³/mol. The average molecular weight is 537 g/mol. The van der Waals surface area contributed by atoms with Crippen LogP contribution in [0, 0.1) is 0 Å². The van der Waals surface area contributed by atoms with Crippen molar-refractivity contribution in [3.63, 3.8) is 0 Å². The number of aromatic nitrogens is 5. The molecule has 0 saturated heterocycles. The third-order valence-corrected chi connectivity index (χ3v) is 7.39. The van der Waals surface area contributed by atoms with Gasteiger partial charge in [-0.1, -0.05) is 0 Å². The number of hydrogen-bond donors (Lipinski definition) is 2. The van der Waals surface area contributed by atoms with Gasteiger partial charge in [0.2, 0.25) is 16.0 Å². The summed E-state index contributed by atoms with van der Waals surface area (Å²) < 4.78 is 32.7. The molecule has 0 fully saturated rings. The number of hydrogen-bond acceptors (Lipinski definition) is 10. The summed E-state index contributed by atoms with van der Waals surface area (Å²) in [6.45, 7) is 0.488. The number of sulfonamides is 1. The molecule has 1 aliphatic heterocycles. The summed E-state index contributed by atoms with van der Waals surface area (Å²) in [4.78, 5) is 41.6. The Labute approximate surface area is 217 Å². The Kier molecular flexibility index (Phi) is 6.40. The number of anilines is 3. The third kappa shape index (κ3) is 4.49. The zero-order valence-corrected chi connectivity index (χ0v) is 21.6. The van der Waals surface area contributed by atoms with Crippen molar-refractivity contribution >= 4 is 50.7 Å². The van der Waals surface area contributed by atoms with E-state index in [1.807, 2.05) is 0 Å². The largest absolute Gasteiger partial charge is 0.491 e. The molecule has 2 N–H and O–H groups in total. The third-order valence-electron chi connectivity index (χ3n) is 6.22. The van der Waals surface area contributed by atoms with Gasteiger partial charge in [0.1, 0.15) is 17.1 Å². The summed E-state index contributed by atoms with van der Waals surface area (Å²) in [6.07, 6.45) is 6.78. The minimum atomic E-state index is -3.59. The van der Waals surface area contributed by atoms with E-state index in [-0.39, 0.29) is 24.2 Å². The Hall–Kier alpha value is -4.59. The highest BCUT2D eigenvalue weighted by Gasteiger charge is 2.24. The van der Waals surface area contributed by atoms with Crippen LogP contribution in [0.5, 0.6) is 5.75 Å². The van der Waals surface area contributed by atoms with E-state index in [2.05, 4.69) is 30.6 Å². The van der Waals surface area contributed by atoms with Crippen molar-refractivity contribution in [2.24, 2.45) is 0 Å². The molecule has 0 saturated carbocycles. The van der Waals surface area contributed by atoms with E-state index in [0.717, 1.165) is 16.1 Å². The second kappa shape index (κ2) is 9.70. The monoisotopic (exact) mass is 536 g/mol. The number of rotatable bonds is 8. The molecule has 196 valence electrons. The fraction of sp³-hybridized carbons (Fsp3) is 0.250. The minimum Gasteiger partial charge on any atom is -0.491 e. The van der Waals surface area contributed by atoms with Gasteiger partial charge in [-0.2, -0.15) is 4.98 Å². The molecule has 5 rings (SSSR count). The van der Waals surface area contributed by atoms with Gasteiger partial charge in [-0.3, -0.25) is 18.9 Å². The van der Waals surface area contributed by atoms with Crippen LogP contribution in [0.3, 0.4) is 0 Å². The molecule has 38 heavy (non-hydrogen) atoms. The van der Waals surface area contributed by atoms with Crippen molar-refractivity contribution in [3.8, 4) is 5.75 Å². The zero-order valence-electron chi connectivity index (χ0n) is 20.8. The Balaban J connectivity index is 1.54. The van der Waals surface area contributed by atoms with Crippen molar-refractivity contribution in [1.82, 2.24) is 29.8 Å². The number of nitrogens with one attached hydrogen (secondary N) is 2. The lowest BCUT2D eigenvalue weighted by Gasteiger charge is -2.18. The first kappa shape index (κ1) is 25.1. The molecule has 0 atom stereocenters. The summed E-state index contributed by atoms with van der Waals surface area (Å²) in [5.41, 5.74) is 3.03. The van der Waals surface area contributed by atoms with Crippen molar-refractivity contribution in [3.05, 3.63) is 59.3 Å². The minimum absolute atomic E-state index is 0.0381. The molecule has 14 heteroatoms. The molecule has 4 aromatic rings. The van der Waals surface area contributed by atoms with Crippen LogP contribution in [0.2, 0.25) is 0 Å². The van der Waals surface area contributed by atoms with Gasteiger partial charge in [-0.05, 0) is 18.2 Å². The molecular formula is C24H24N8O5S. The van der Waals surface area contributed by atoms with E-state index in [9.17, 15) is 18.0 Å². The fourth-order valence-corrected chi connectivity index (χ4v) is 4.75. The van der Waals surface area contributed by atoms with Gasteiger partial charge in [0.05, 0.1) is 30.8 Å². The number of carbonyl (C=O) groups excluding carboxylic acids is 2. The first-order chi connectivity index (χ1) is 18.2. The second-order valence-electron chi connectivity index (χ2n) is 8.57. The zero-order chi connectivity index (χ0) is 27.0. The van der Waals surface area contributed by atoms with Crippen molar-refractivity contribution in [1.29, 1.82) is 0 Å². The molecule has 0 radical (unpaired) electrons. The normalized spacial score (nSPS) is 12.6. The van der Waals surface area contributed by atoms with Crippen molar-refractivity contribution < 1.29 is 22.7 Å². The van der Waals surface area contributed by atoms with E-state index in [4.69, 9.17) is 4.74 Å². The topological polar surface area (TPSA) is 161 Å². The lowest BCUT2D eigenvalue weighted by Crippen LogP contribution is -2.27. The first-order valence-corrected chi connectivity index (χ1v) is 13.4. The van der Waals surface area contributed by atoms with Crippen LogP contribution < -0.4 is 19.7 Å². The van der Waals surface area contributed by atoms with Crippen LogP contribution in [0.15, 0.2) is 36.8 Å². The molecular weight excluding hydrogens is 512 g/mol. The summed E-state index contributed by atoms with van der Waals surface area (Å²) >= 11 is 0. The molecule has 1 aliphatic rings. The lowest BCUT2D eigenvalue weighted by molar-refractivity contribution is 0.0962. The maximum Gasteiger partial charge on any atom is 0.251 e. The standard InChI is InChI=1S/C24H24N8O5S/c1-25-23(34)17-4-5-18(20-16(17)6-9-37-20)29-24-28-11-14-10-15(13-33)32(21(14)30-24)12-19-22(27-8-7-26-19)31(2)38(3,35)36/h4-5,7-8,10-11,13H,6,9,12H2,1-3H3,(H,25,34)(H,28,29,30). The molecule has 0 aliphatic carbocycles. The fourth-order valence-electron chi connectivity index (χ4n) is 4.29. The molecule has 3 aromatic heterocycles. The van der Waals surface area contributed by atoms with Gasteiger partial charge in [0.25, 0.3) is 5.91 Å². The highest BCUT2D eigenvalue weighted by molar-refractivity contribution is 7.92. The van der Waals surface area contributed by atoms with Crippen LogP contribution in [0.25, 0.3) is 11.0 Å². The molecule has 13 nitrogen and oxygen atoms in total. The lowest BCUT2D eigenvalue weighted by atomic mass is 10.0. The predicted octanol–water partition coefficient (Wildman–Crippen LogP) is 1.52.